The molecule has 2 unspecified atom stereocenters. The van der Waals surface area contributed by atoms with Gasteiger partial charge < -0.3 is 10.1 Å². The number of nitrogens with one attached hydrogen (secondary N) is 1. The Balaban J connectivity index is 2.37. The number of nitrogens with zero attached hydrogens (tertiary/aromatic N) is 1. The summed E-state index contributed by atoms with van der Waals surface area (Å²) in [6.07, 6.45) is 4.18. The van der Waals surface area contributed by atoms with Crippen molar-refractivity contribution in [3.8, 4) is 0 Å². The first-order valence-corrected chi connectivity index (χ1v) is 6.32. The van der Waals surface area contributed by atoms with Gasteiger partial charge in [0.05, 0.1) is 6.10 Å². The average molecular weight is 214 g/mol. The number of rotatable bonds is 7. The molecule has 0 aromatic rings. The summed E-state index contributed by atoms with van der Waals surface area (Å²) in [7, 11) is 2.03. The lowest BCUT2D eigenvalue weighted by Gasteiger charge is -2.31. The van der Waals surface area contributed by atoms with Gasteiger partial charge in [-0.25, -0.2) is 0 Å². The minimum atomic E-state index is 0.482. The van der Waals surface area contributed by atoms with Crippen LogP contribution in [0, 0.1) is 0 Å². The Morgan fingerprint density at radius 1 is 1.47 bits per heavy atom. The normalized spacial score (nSPS) is 23.6. The van der Waals surface area contributed by atoms with E-state index >= 15 is 0 Å². The van der Waals surface area contributed by atoms with E-state index in [9.17, 15) is 0 Å². The highest BCUT2D eigenvalue weighted by Gasteiger charge is 2.22. The highest BCUT2D eigenvalue weighted by molar-refractivity contribution is 4.76. The Bertz CT molecular complexity index is 158. The third-order valence-electron chi connectivity index (χ3n) is 3.30. The second-order valence-corrected chi connectivity index (χ2v) is 4.34. The summed E-state index contributed by atoms with van der Waals surface area (Å²) in [5.74, 6) is 0. The zero-order chi connectivity index (χ0) is 11.1. The third kappa shape index (κ3) is 4.09. The van der Waals surface area contributed by atoms with Crippen molar-refractivity contribution in [1.29, 1.82) is 0 Å². The molecule has 0 spiro atoms. The van der Waals surface area contributed by atoms with Gasteiger partial charge in [-0.15, -0.1) is 0 Å². The summed E-state index contributed by atoms with van der Waals surface area (Å²) in [5.41, 5.74) is 0. The van der Waals surface area contributed by atoms with E-state index in [1.807, 2.05) is 7.05 Å². The van der Waals surface area contributed by atoms with Crippen LogP contribution in [0.3, 0.4) is 0 Å². The average Bonchev–Trinajstić information content (AvgIpc) is 2.75. The maximum atomic E-state index is 5.70. The highest BCUT2D eigenvalue weighted by Crippen LogP contribution is 2.15. The van der Waals surface area contributed by atoms with E-state index < -0.39 is 0 Å². The van der Waals surface area contributed by atoms with Crippen molar-refractivity contribution in [1.82, 2.24) is 10.2 Å². The molecular formula is C12H26N2O. The van der Waals surface area contributed by atoms with Crippen LogP contribution in [0.1, 0.15) is 33.1 Å². The van der Waals surface area contributed by atoms with E-state index in [2.05, 4.69) is 24.1 Å². The molecule has 3 heteroatoms. The summed E-state index contributed by atoms with van der Waals surface area (Å²) in [5, 5.41) is 3.28. The molecule has 0 bridgehead atoms. The standard InChI is InChI=1S/C12H26N2O/c1-4-11(9-13-3)14(5-2)10-12-7-6-8-15-12/h11-13H,4-10H2,1-3H3. The van der Waals surface area contributed by atoms with Crippen LogP contribution in [0.5, 0.6) is 0 Å². The lowest BCUT2D eigenvalue weighted by atomic mass is 10.1. The molecular weight excluding hydrogens is 188 g/mol. The molecule has 15 heavy (non-hydrogen) atoms. The first-order chi connectivity index (χ1) is 7.31. The zero-order valence-electron chi connectivity index (χ0n) is 10.5. The summed E-state index contributed by atoms with van der Waals surface area (Å²) in [6, 6.07) is 0.657. The van der Waals surface area contributed by atoms with Crippen LogP contribution in [0.2, 0.25) is 0 Å². The van der Waals surface area contributed by atoms with Crippen molar-refractivity contribution in [3.05, 3.63) is 0 Å². The van der Waals surface area contributed by atoms with Gasteiger partial charge in [-0.05, 0) is 32.9 Å². The minimum absolute atomic E-state index is 0.482. The number of hydrogen-bond donors (Lipinski definition) is 1. The van der Waals surface area contributed by atoms with Crippen molar-refractivity contribution in [2.24, 2.45) is 0 Å². The van der Waals surface area contributed by atoms with E-state index in [-0.39, 0.29) is 0 Å². The van der Waals surface area contributed by atoms with Crippen LogP contribution in [0.25, 0.3) is 0 Å². The molecule has 1 fully saturated rings. The maximum absolute atomic E-state index is 5.70. The van der Waals surface area contributed by atoms with Crippen LogP contribution in [0.15, 0.2) is 0 Å². The van der Waals surface area contributed by atoms with Gasteiger partial charge in [-0.1, -0.05) is 13.8 Å². The molecule has 1 N–H and O–H groups in total. The van der Waals surface area contributed by atoms with Crippen LogP contribution < -0.4 is 5.32 Å². The summed E-state index contributed by atoms with van der Waals surface area (Å²) >= 11 is 0. The first-order valence-electron chi connectivity index (χ1n) is 6.32. The largest absolute Gasteiger partial charge is 0.377 e. The van der Waals surface area contributed by atoms with Crippen LogP contribution in [-0.4, -0.2) is 50.3 Å². The second kappa shape index (κ2) is 7.20. The molecule has 0 aromatic carbocycles. The van der Waals surface area contributed by atoms with Gasteiger partial charge in [-0.3, -0.25) is 4.90 Å². The lowest BCUT2D eigenvalue weighted by Crippen LogP contribution is -2.44. The minimum Gasteiger partial charge on any atom is -0.377 e. The second-order valence-electron chi connectivity index (χ2n) is 4.34. The predicted molar refractivity (Wildman–Crippen MR) is 64.2 cm³/mol. The Hall–Kier alpha value is -0.120. The predicted octanol–water partition coefficient (Wildman–Crippen LogP) is 1.49. The monoisotopic (exact) mass is 214 g/mol. The Morgan fingerprint density at radius 2 is 2.27 bits per heavy atom. The fraction of sp³-hybridized carbons (Fsp3) is 1.00. The zero-order valence-corrected chi connectivity index (χ0v) is 10.5. The molecule has 1 rings (SSSR count). The van der Waals surface area contributed by atoms with Crippen molar-refractivity contribution in [2.75, 3.05) is 33.3 Å². The van der Waals surface area contributed by atoms with E-state index in [4.69, 9.17) is 4.74 Å². The van der Waals surface area contributed by atoms with E-state index in [1.165, 1.54) is 19.3 Å². The fourth-order valence-corrected chi connectivity index (χ4v) is 2.35. The van der Waals surface area contributed by atoms with Gasteiger partial charge in [0.15, 0.2) is 0 Å². The Kier molecular flexibility index (Phi) is 6.22. The molecule has 0 amide bonds. The van der Waals surface area contributed by atoms with E-state index in [1.54, 1.807) is 0 Å². The van der Waals surface area contributed by atoms with Gasteiger partial charge in [-0.2, -0.15) is 0 Å². The van der Waals surface area contributed by atoms with Crippen LogP contribution in [-0.2, 0) is 4.74 Å². The van der Waals surface area contributed by atoms with E-state index in [0.29, 0.717) is 12.1 Å². The highest BCUT2D eigenvalue weighted by atomic mass is 16.5. The van der Waals surface area contributed by atoms with Gasteiger partial charge in [0.2, 0.25) is 0 Å². The third-order valence-corrected chi connectivity index (χ3v) is 3.30. The molecule has 1 aliphatic rings. The van der Waals surface area contributed by atoms with Gasteiger partial charge in [0, 0.05) is 25.7 Å². The molecule has 2 atom stereocenters. The Labute approximate surface area is 94.2 Å². The Morgan fingerprint density at radius 3 is 2.73 bits per heavy atom. The van der Waals surface area contributed by atoms with E-state index in [0.717, 1.165) is 26.2 Å². The van der Waals surface area contributed by atoms with Crippen LogP contribution >= 0.6 is 0 Å². The number of ether oxygens (including phenoxy) is 1. The van der Waals surface area contributed by atoms with Crippen LogP contribution in [0.4, 0.5) is 0 Å². The molecule has 1 heterocycles. The number of likely N-dealkylation sites (N-methyl/N-ethyl adjacent to an activating group) is 2. The quantitative estimate of drug-likeness (QED) is 0.695. The van der Waals surface area contributed by atoms with Gasteiger partial charge in [0.25, 0.3) is 0 Å². The maximum Gasteiger partial charge on any atom is 0.0702 e. The topological polar surface area (TPSA) is 24.5 Å². The number of hydrogen-bond acceptors (Lipinski definition) is 3. The molecule has 0 radical (unpaired) electrons. The van der Waals surface area contributed by atoms with Crippen molar-refractivity contribution in [3.63, 3.8) is 0 Å². The smallest absolute Gasteiger partial charge is 0.0702 e. The molecule has 1 saturated heterocycles. The molecule has 0 saturated carbocycles. The first kappa shape index (κ1) is 12.9. The summed E-state index contributed by atoms with van der Waals surface area (Å²) in [6.45, 7) is 8.78. The SMILES string of the molecule is CCC(CNC)N(CC)CC1CCCO1. The van der Waals surface area contributed by atoms with Gasteiger partial charge >= 0.3 is 0 Å². The molecule has 1 aliphatic heterocycles. The summed E-state index contributed by atoms with van der Waals surface area (Å²) < 4.78 is 5.70. The lowest BCUT2D eigenvalue weighted by molar-refractivity contribution is 0.0584. The van der Waals surface area contributed by atoms with Crippen molar-refractivity contribution < 1.29 is 4.74 Å². The van der Waals surface area contributed by atoms with Crippen molar-refractivity contribution >= 4 is 0 Å². The van der Waals surface area contributed by atoms with Gasteiger partial charge in [0.1, 0.15) is 0 Å². The molecule has 0 aromatic heterocycles. The summed E-state index contributed by atoms with van der Waals surface area (Å²) in [4.78, 5) is 2.55. The molecule has 90 valence electrons. The molecule has 3 nitrogen and oxygen atoms in total. The molecule has 0 aliphatic carbocycles. The fourth-order valence-electron chi connectivity index (χ4n) is 2.35. The van der Waals surface area contributed by atoms with Crippen molar-refractivity contribution in [2.45, 2.75) is 45.3 Å².